The number of aliphatic hydroxyl groups is 1. The fourth-order valence-electron chi connectivity index (χ4n) is 8.12. The second-order valence-corrected chi connectivity index (χ2v) is 17.9. The molecule has 16 heteroatoms. The summed E-state index contributed by atoms with van der Waals surface area (Å²) in [7, 11) is 0. The van der Waals surface area contributed by atoms with Gasteiger partial charge in [0.1, 0.15) is 11.4 Å². The number of β-lactam (4-membered cyclic amide) rings is 1. The van der Waals surface area contributed by atoms with Gasteiger partial charge in [-0.05, 0) is 19.8 Å². The monoisotopic (exact) mass is 819 g/mol. The number of aromatic nitrogens is 1. The molecule has 3 saturated heterocycles. The number of esters is 1. The second kappa shape index (κ2) is 20.9. The molecule has 6 atom stereocenters. The third kappa shape index (κ3) is 11.2. The number of hydrogen-bond acceptors (Lipinski definition) is 12. The number of anilines is 1. The predicted octanol–water partition coefficient (Wildman–Crippen LogP) is 6.53. The predicted molar refractivity (Wildman–Crippen MR) is 215 cm³/mol. The number of amides is 3. The molecule has 5 rings (SSSR count). The van der Waals surface area contributed by atoms with Gasteiger partial charge in [-0.2, -0.15) is 0 Å². The van der Waals surface area contributed by atoms with Crippen LogP contribution in [0.3, 0.4) is 0 Å². The van der Waals surface area contributed by atoms with Crippen molar-refractivity contribution in [3.8, 4) is 0 Å². The van der Waals surface area contributed by atoms with Crippen molar-refractivity contribution >= 4 is 58.1 Å². The highest BCUT2D eigenvalue weighted by Gasteiger charge is 2.60. The topological polar surface area (TPSA) is 179 Å². The number of carboxylic acid groups (broad SMARTS) is 1. The van der Waals surface area contributed by atoms with Crippen molar-refractivity contribution in [2.45, 2.75) is 154 Å². The molecular weight excluding hydrogens is 759 g/mol. The Bertz CT molecular complexity index is 1560. The van der Waals surface area contributed by atoms with Gasteiger partial charge in [0.05, 0.1) is 18.1 Å². The molecule has 1 aromatic rings. The Hall–Kier alpha value is -3.37. The molecule has 3 N–H and O–H groups in total. The molecule has 0 saturated carbocycles. The van der Waals surface area contributed by atoms with Crippen molar-refractivity contribution in [3.63, 3.8) is 0 Å². The van der Waals surface area contributed by atoms with E-state index in [-0.39, 0.29) is 59.0 Å². The number of carboxylic acids is 1. The van der Waals surface area contributed by atoms with Gasteiger partial charge in [-0.25, -0.2) is 14.6 Å². The molecule has 3 amide bonds. The summed E-state index contributed by atoms with van der Waals surface area (Å²) < 4.78 is 10.7. The number of unbranched alkanes of at least 4 members (excludes halogenated alkanes) is 12. The first-order chi connectivity index (χ1) is 26.9. The summed E-state index contributed by atoms with van der Waals surface area (Å²) >= 11 is 2.81. The fraction of sp³-hybridized carbons (Fsp3) is 0.750. The van der Waals surface area contributed by atoms with Crippen molar-refractivity contribution in [1.82, 2.24) is 20.1 Å². The second-order valence-electron chi connectivity index (χ2n) is 15.8. The van der Waals surface area contributed by atoms with Crippen LogP contribution in [0, 0.1) is 11.8 Å². The lowest BCUT2D eigenvalue weighted by molar-refractivity contribution is -0.166. The summed E-state index contributed by atoms with van der Waals surface area (Å²) in [6.07, 6.45) is 14.3. The number of ether oxygens (including phenoxy) is 2. The SMILES string of the molecule is CCCCCCCCCCCCCCCC(=O)OC(C)OC(=O)N1CC[C@H](NC(=O)c2csc(N3CC(SC4=C(C(=O)O)N5C(=O)[C@H]([C@@H](C)O)[C@H]5[C@H]4C)C3)n2)C1. The number of thioether (sulfide) groups is 1. The molecule has 0 aliphatic carbocycles. The number of carbonyl (C=O) groups is 5. The van der Waals surface area contributed by atoms with Crippen molar-refractivity contribution in [3.05, 3.63) is 21.7 Å². The molecule has 0 radical (unpaired) electrons. The van der Waals surface area contributed by atoms with Crippen LogP contribution in [0.5, 0.6) is 0 Å². The number of fused-ring (bicyclic) bond motifs is 1. The zero-order valence-electron chi connectivity index (χ0n) is 33.4. The minimum atomic E-state index is -1.14. The summed E-state index contributed by atoms with van der Waals surface area (Å²) in [5.41, 5.74) is 0.298. The summed E-state index contributed by atoms with van der Waals surface area (Å²) in [5.74, 6) is -2.99. The van der Waals surface area contributed by atoms with Gasteiger partial charge < -0.3 is 39.7 Å². The van der Waals surface area contributed by atoms with Crippen molar-refractivity contribution in [2.75, 3.05) is 31.1 Å². The fourth-order valence-corrected chi connectivity index (χ4v) is 10.5. The lowest BCUT2D eigenvalue weighted by Gasteiger charge is -2.46. The summed E-state index contributed by atoms with van der Waals surface area (Å²) in [5, 5.41) is 25.4. The average Bonchev–Trinajstić information content (AvgIpc) is 3.86. The van der Waals surface area contributed by atoms with Crippen LogP contribution in [0.2, 0.25) is 0 Å². The van der Waals surface area contributed by atoms with E-state index in [1.807, 2.05) is 11.8 Å². The molecule has 4 aliphatic heterocycles. The van der Waals surface area contributed by atoms with E-state index in [1.54, 1.807) is 12.3 Å². The molecule has 14 nitrogen and oxygen atoms in total. The van der Waals surface area contributed by atoms with Gasteiger partial charge in [-0.1, -0.05) is 90.9 Å². The van der Waals surface area contributed by atoms with Crippen LogP contribution in [-0.4, -0.2) is 111 Å². The van der Waals surface area contributed by atoms with E-state index in [2.05, 4.69) is 17.2 Å². The normalized spacial score (nSPS) is 23.1. The molecule has 3 fully saturated rings. The molecule has 0 aromatic carbocycles. The molecule has 0 spiro atoms. The molecule has 4 aliphatic rings. The maximum Gasteiger partial charge on any atom is 0.412 e. The summed E-state index contributed by atoms with van der Waals surface area (Å²) in [6.45, 7) is 9.12. The van der Waals surface area contributed by atoms with E-state index in [0.717, 1.165) is 19.3 Å². The van der Waals surface area contributed by atoms with Crippen LogP contribution in [0.4, 0.5) is 9.93 Å². The summed E-state index contributed by atoms with van der Waals surface area (Å²) in [4.78, 5) is 72.9. The van der Waals surface area contributed by atoms with Crippen LogP contribution in [0.15, 0.2) is 16.0 Å². The maximum atomic E-state index is 13.1. The third-order valence-corrected chi connectivity index (χ3v) is 13.6. The molecule has 1 unspecified atom stereocenters. The smallest absolute Gasteiger partial charge is 0.412 e. The van der Waals surface area contributed by atoms with Gasteiger partial charge in [-0.15, -0.1) is 23.1 Å². The first-order valence-corrected chi connectivity index (χ1v) is 22.5. The zero-order chi connectivity index (χ0) is 40.4. The molecule has 312 valence electrons. The van der Waals surface area contributed by atoms with E-state index in [0.29, 0.717) is 42.5 Å². The van der Waals surface area contributed by atoms with E-state index in [9.17, 15) is 34.2 Å². The maximum absolute atomic E-state index is 13.1. The summed E-state index contributed by atoms with van der Waals surface area (Å²) in [6, 6.07) is -0.628. The van der Waals surface area contributed by atoms with Crippen LogP contribution >= 0.6 is 23.1 Å². The number of thiazole rings is 1. The Morgan fingerprint density at radius 3 is 2.20 bits per heavy atom. The van der Waals surface area contributed by atoms with Crippen molar-refractivity contribution in [2.24, 2.45) is 11.8 Å². The first kappa shape index (κ1) is 43.7. The minimum absolute atomic E-state index is 0.0214. The van der Waals surface area contributed by atoms with Crippen LogP contribution in [0.25, 0.3) is 0 Å². The quantitative estimate of drug-likeness (QED) is 0.0472. The van der Waals surface area contributed by atoms with Gasteiger partial charge in [0.25, 0.3) is 5.91 Å². The highest BCUT2D eigenvalue weighted by molar-refractivity contribution is 8.03. The lowest BCUT2D eigenvalue weighted by Crippen LogP contribution is -2.63. The number of nitrogens with one attached hydrogen (secondary N) is 1. The van der Waals surface area contributed by atoms with Gasteiger partial charge in [0.15, 0.2) is 5.13 Å². The average molecular weight is 820 g/mol. The molecular formula is C40H61N5O9S2. The number of hydrogen-bond donors (Lipinski definition) is 3. The van der Waals surface area contributed by atoms with Crippen LogP contribution in [-0.2, 0) is 23.9 Å². The standard InChI is InChI=1S/C40H61N5O9S2/c1-5-6-7-8-9-10-11-12-13-14-15-16-17-18-31(47)53-27(4)54-40(52)43-20-19-28(21-43)41-36(48)30-24-55-39(42-30)44-22-29(23-44)56-35-25(2)33-32(26(3)46)37(49)45(33)34(35)38(50)51/h24-29,32-33,46H,5-23H2,1-4H3,(H,41,48)(H,50,51)/t25-,26-,27?,28+,32-,33-/m1/s1. The van der Waals surface area contributed by atoms with Crippen LogP contribution in [0.1, 0.15) is 134 Å². The number of rotatable bonds is 23. The number of carbonyl (C=O) groups excluding carboxylic acids is 4. The number of nitrogens with zero attached hydrogens (tertiary/aromatic N) is 4. The Kier molecular flexibility index (Phi) is 16.3. The van der Waals surface area contributed by atoms with Crippen molar-refractivity contribution < 1.29 is 43.7 Å². The number of likely N-dealkylation sites (tertiary alicyclic amines) is 1. The third-order valence-electron chi connectivity index (χ3n) is 11.3. The molecule has 56 heavy (non-hydrogen) atoms. The highest BCUT2D eigenvalue weighted by Crippen LogP contribution is 2.52. The molecule has 0 bridgehead atoms. The number of aliphatic carboxylic acids is 1. The Morgan fingerprint density at radius 2 is 1.59 bits per heavy atom. The van der Waals surface area contributed by atoms with E-state index in [1.165, 1.54) is 104 Å². The first-order valence-electron chi connectivity index (χ1n) is 20.7. The van der Waals surface area contributed by atoms with Gasteiger partial charge in [-0.3, -0.25) is 14.4 Å². The van der Waals surface area contributed by atoms with Gasteiger partial charge in [0, 0.05) is 67.0 Å². The van der Waals surface area contributed by atoms with Crippen molar-refractivity contribution in [1.29, 1.82) is 0 Å². The van der Waals surface area contributed by atoms with Gasteiger partial charge >= 0.3 is 18.0 Å². The van der Waals surface area contributed by atoms with Crippen LogP contribution < -0.4 is 10.2 Å². The lowest BCUT2D eigenvalue weighted by atomic mass is 9.79. The molecule has 5 heterocycles. The van der Waals surface area contributed by atoms with Gasteiger partial charge in [0.2, 0.25) is 12.2 Å². The molecule has 1 aromatic heterocycles. The minimum Gasteiger partial charge on any atom is -0.477 e. The number of aliphatic hydroxyl groups excluding tert-OH is 1. The Morgan fingerprint density at radius 1 is 0.964 bits per heavy atom. The zero-order valence-corrected chi connectivity index (χ0v) is 35.0. The highest BCUT2D eigenvalue weighted by atomic mass is 32.2. The Balaban J connectivity index is 0.937. The largest absolute Gasteiger partial charge is 0.477 e. The van der Waals surface area contributed by atoms with E-state index >= 15 is 0 Å². The van der Waals surface area contributed by atoms with E-state index in [4.69, 9.17) is 9.47 Å². The Labute approximate surface area is 339 Å². The van der Waals surface area contributed by atoms with E-state index < -0.39 is 30.4 Å².